The summed E-state index contributed by atoms with van der Waals surface area (Å²) in [5, 5.41) is 1.12. The van der Waals surface area contributed by atoms with Crippen LogP contribution in [0.5, 0.6) is 0 Å². The summed E-state index contributed by atoms with van der Waals surface area (Å²) in [6.07, 6.45) is 2.11. The summed E-state index contributed by atoms with van der Waals surface area (Å²) < 4.78 is 25.6. The van der Waals surface area contributed by atoms with E-state index in [1.165, 1.54) is 6.08 Å². The highest BCUT2D eigenvalue weighted by molar-refractivity contribution is 5.84. The largest absolute Gasteiger partial charge is 0.358 e. The zero-order valence-electron chi connectivity index (χ0n) is 11.0. The molecule has 0 radical (unpaired) electrons. The maximum Gasteiger partial charge on any atom is 0.295 e. The maximum absolute atomic E-state index is 12.8. The topological polar surface area (TPSA) is 19.0 Å². The fourth-order valence-corrected chi connectivity index (χ4v) is 2.35. The molecule has 0 unspecified atom stereocenters. The lowest BCUT2D eigenvalue weighted by molar-refractivity contribution is -0.0185. The van der Waals surface area contributed by atoms with Crippen LogP contribution in [0.1, 0.15) is 11.3 Å². The molecule has 0 aliphatic heterocycles. The number of alkyl halides is 2. The normalized spacial score (nSPS) is 11.6. The number of rotatable bonds is 6. The van der Waals surface area contributed by atoms with Gasteiger partial charge in [0.15, 0.2) is 0 Å². The lowest BCUT2D eigenvalue weighted by Crippen LogP contribution is -2.31. The number of hydrogen-bond donors (Lipinski definition) is 1. The zero-order valence-corrected chi connectivity index (χ0v) is 11.0. The molecule has 0 spiro atoms. The summed E-state index contributed by atoms with van der Waals surface area (Å²) in [5.74, 6) is 0. The van der Waals surface area contributed by atoms with Crippen LogP contribution in [0.2, 0.25) is 0 Å². The fraction of sp³-hybridized carbons (Fsp3) is 0.333. The van der Waals surface area contributed by atoms with Gasteiger partial charge >= 0.3 is 0 Å². The fourth-order valence-electron chi connectivity index (χ4n) is 2.35. The minimum Gasteiger partial charge on any atom is -0.358 e. The molecule has 1 heterocycles. The van der Waals surface area contributed by atoms with Crippen LogP contribution in [0.3, 0.4) is 0 Å². The smallest absolute Gasteiger partial charge is 0.295 e. The Morgan fingerprint density at radius 2 is 2.11 bits per heavy atom. The van der Waals surface area contributed by atoms with Gasteiger partial charge in [-0.2, -0.15) is 8.78 Å². The van der Waals surface area contributed by atoms with E-state index in [4.69, 9.17) is 0 Å². The quantitative estimate of drug-likeness (QED) is 0.622. The van der Waals surface area contributed by atoms with Crippen LogP contribution >= 0.6 is 0 Å². The lowest BCUT2D eigenvalue weighted by Gasteiger charge is -2.19. The van der Waals surface area contributed by atoms with Crippen molar-refractivity contribution in [1.82, 2.24) is 9.88 Å². The molecule has 102 valence electrons. The number of benzene rings is 1. The molecule has 1 aromatic carbocycles. The number of aromatic nitrogens is 1. The molecule has 0 saturated heterocycles. The third-order valence-corrected chi connectivity index (χ3v) is 3.32. The Balaban J connectivity index is 2.17. The van der Waals surface area contributed by atoms with Gasteiger partial charge in [0.25, 0.3) is 6.55 Å². The maximum atomic E-state index is 12.8. The summed E-state index contributed by atoms with van der Waals surface area (Å²) in [5.41, 5.74) is 3.22. The summed E-state index contributed by atoms with van der Waals surface area (Å²) in [7, 11) is 0. The van der Waals surface area contributed by atoms with Gasteiger partial charge in [0.05, 0.1) is 0 Å². The molecular weight excluding hydrogens is 246 g/mol. The molecule has 2 nitrogen and oxygen atoms in total. The molecule has 2 rings (SSSR count). The number of aryl methyl sites for hydroxylation is 1. The Kier molecular flexibility index (Phi) is 4.32. The van der Waals surface area contributed by atoms with E-state index in [9.17, 15) is 8.78 Å². The molecule has 1 aromatic heterocycles. The van der Waals surface area contributed by atoms with Gasteiger partial charge < -0.3 is 4.98 Å². The van der Waals surface area contributed by atoms with E-state index in [2.05, 4.69) is 11.6 Å². The standard InChI is InChI=1S/C15H18F2N2/c1-3-9-19(15(16)17)10-8-12-11(2)18-14-7-5-4-6-13(12)14/h3-7,15,18H,1,8-10H2,2H3. The lowest BCUT2D eigenvalue weighted by atomic mass is 10.1. The van der Waals surface area contributed by atoms with Crippen LogP contribution < -0.4 is 0 Å². The Morgan fingerprint density at radius 3 is 2.79 bits per heavy atom. The number of para-hydroxylation sites is 1. The first-order valence-corrected chi connectivity index (χ1v) is 6.32. The van der Waals surface area contributed by atoms with Crippen molar-refractivity contribution in [3.8, 4) is 0 Å². The molecule has 0 bridgehead atoms. The van der Waals surface area contributed by atoms with Gasteiger partial charge in [0.1, 0.15) is 0 Å². The molecule has 4 heteroatoms. The second-order valence-corrected chi connectivity index (χ2v) is 4.59. The number of nitrogens with zero attached hydrogens (tertiary/aromatic N) is 1. The Morgan fingerprint density at radius 1 is 1.37 bits per heavy atom. The molecular formula is C15H18F2N2. The highest BCUT2D eigenvalue weighted by Gasteiger charge is 2.16. The molecule has 0 aliphatic carbocycles. The van der Waals surface area contributed by atoms with Gasteiger partial charge in [-0.25, -0.2) is 4.90 Å². The van der Waals surface area contributed by atoms with Crippen molar-refractivity contribution >= 4 is 10.9 Å². The third kappa shape index (κ3) is 3.01. The van der Waals surface area contributed by atoms with E-state index in [-0.39, 0.29) is 6.54 Å². The first kappa shape index (κ1) is 13.7. The van der Waals surface area contributed by atoms with Gasteiger partial charge in [-0.1, -0.05) is 24.3 Å². The molecule has 1 N–H and O–H groups in total. The molecule has 2 aromatic rings. The van der Waals surface area contributed by atoms with E-state index in [1.807, 2.05) is 31.2 Å². The van der Waals surface area contributed by atoms with Crippen molar-refractivity contribution < 1.29 is 8.78 Å². The number of halogens is 2. The zero-order chi connectivity index (χ0) is 13.8. The van der Waals surface area contributed by atoms with Gasteiger partial charge in [-0.05, 0) is 25.0 Å². The average Bonchev–Trinajstić information content (AvgIpc) is 2.70. The average molecular weight is 264 g/mol. The predicted octanol–water partition coefficient (Wildman–Crippen LogP) is 3.73. The van der Waals surface area contributed by atoms with E-state index in [0.717, 1.165) is 27.1 Å². The van der Waals surface area contributed by atoms with Crippen LogP contribution in [0.25, 0.3) is 10.9 Å². The van der Waals surface area contributed by atoms with Crippen molar-refractivity contribution in [2.45, 2.75) is 19.9 Å². The number of nitrogens with one attached hydrogen (secondary N) is 1. The predicted molar refractivity (Wildman–Crippen MR) is 74.5 cm³/mol. The van der Waals surface area contributed by atoms with Gasteiger partial charge in [-0.3, -0.25) is 0 Å². The van der Waals surface area contributed by atoms with Crippen molar-refractivity contribution in [2.75, 3.05) is 13.1 Å². The second-order valence-electron chi connectivity index (χ2n) is 4.59. The third-order valence-electron chi connectivity index (χ3n) is 3.32. The molecule has 0 atom stereocenters. The Labute approximate surface area is 111 Å². The summed E-state index contributed by atoms with van der Waals surface area (Å²) in [6, 6.07) is 7.95. The number of H-pyrrole nitrogens is 1. The Bertz CT molecular complexity index is 560. The summed E-state index contributed by atoms with van der Waals surface area (Å²) in [4.78, 5) is 4.41. The van der Waals surface area contributed by atoms with Crippen molar-refractivity contribution in [3.05, 3.63) is 48.2 Å². The number of hydrogen-bond acceptors (Lipinski definition) is 1. The molecule has 0 aliphatic rings. The van der Waals surface area contributed by atoms with E-state index in [0.29, 0.717) is 13.0 Å². The summed E-state index contributed by atoms with van der Waals surface area (Å²) in [6.45, 7) is 3.59. The minimum atomic E-state index is -2.44. The van der Waals surface area contributed by atoms with Crippen LogP contribution in [-0.4, -0.2) is 29.5 Å². The summed E-state index contributed by atoms with van der Waals surface area (Å²) >= 11 is 0. The van der Waals surface area contributed by atoms with Crippen molar-refractivity contribution in [2.24, 2.45) is 0 Å². The first-order valence-electron chi connectivity index (χ1n) is 6.32. The molecule has 0 amide bonds. The molecule has 19 heavy (non-hydrogen) atoms. The van der Waals surface area contributed by atoms with Gasteiger partial charge in [0, 0.05) is 29.7 Å². The van der Waals surface area contributed by atoms with Crippen molar-refractivity contribution in [3.63, 3.8) is 0 Å². The minimum absolute atomic E-state index is 0.207. The van der Waals surface area contributed by atoms with E-state index < -0.39 is 6.55 Å². The number of aromatic amines is 1. The first-order chi connectivity index (χ1) is 9.13. The molecule has 0 fully saturated rings. The van der Waals surface area contributed by atoms with Crippen LogP contribution in [-0.2, 0) is 6.42 Å². The van der Waals surface area contributed by atoms with E-state index in [1.54, 1.807) is 0 Å². The Hall–Kier alpha value is -1.68. The van der Waals surface area contributed by atoms with E-state index >= 15 is 0 Å². The monoisotopic (exact) mass is 264 g/mol. The highest BCUT2D eigenvalue weighted by atomic mass is 19.3. The van der Waals surface area contributed by atoms with Crippen molar-refractivity contribution in [1.29, 1.82) is 0 Å². The molecule has 0 saturated carbocycles. The van der Waals surface area contributed by atoms with Gasteiger partial charge in [0.2, 0.25) is 0 Å². The number of fused-ring (bicyclic) bond motifs is 1. The van der Waals surface area contributed by atoms with Crippen LogP contribution in [0.4, 0.5) is 8.78 Å². The highest BCUT2D eigenvalue weighted by Crippen LogP contribution is 2.22. The van der Waals surface area contributed by atoms with Gasteiger partial charge in [-0.15, -0.1) is 6.58 Å². The van der Waals surface area contributed by atoms with Crippen LogP contribution in [0.15, 0.2) is 36.9 Å². The second kappa shape index (κ2) is 5.97. The van der Waals surface area contributed by atoms with Crippen LogP contribution in [0, 0.1) is 6.92 Å². The SMILES string of the molecule is C=CCN(CCc1c(C)[nH]c2ccccc12)C(F)F.